The summed E-state index contributed by atoms with van der Waals surface area (Å²) in [7, 11) is 2.31. The molecule has 142 valence electrons. The lowest BCUT2D eigenvalue weighted by Gasteiger charge is -2.54. The van der Waals surface area contributed by atoms with E-state index in [2.05, 4.69) is 53.5 Å². The fourth-order valence-corrected chi connectivity index (χ4v) is 4.23. The molecule has 1 atom stereocenters. The van der Waals surface area contributed by atoms with E-state index >= 15 is 0 Å². The van der Waals surface area contributed by atoms with Crippen molar-refractivity contribution in [3.05, 3.63) is 0 Å². The minimum Gasteiger partial charge on any atom is -0.296 e. The van der Waals surface area contributed by atoms with Crippen molar-refractivity contribution in [2.75, 3.05) is 7.05 Å². The Morgan fingerprint density at radius 3 is 1.83 bits per heavy atom. The van der Waals surface area contributed by atoms with Gasteiger partial charge in [0.15, 0.2) is 0 Å². The fraction of sp³-hybridized carbons (Fsp3) is 1.00. The summed E-state index contributed by atoms with van der Waals surface area (Å²) in [6.45, 7) is 18.4. The summed E-state index contributed by atoms with van der Waals surface area (Å²) in [6, 6.07) is 0. The summed E-state index contributed by atoms with van der Waals surface area (Å²) in [4.78, 5) is 2.60. The molecule has 1 heterocycles. The van der Waals surface area contributed by atoms with Crippen LogP contribution in [0.5, 0.6) is 0 Å². The van der Waals surface area contributed by atoms with Crippen molar-refractivity contribution in [1.82, 2.24) is 4.90 Å². The number of piperidine rings is 1. The van der Waals surface area contributed by atoms with Crippen LogP contribution >= 0.6 is 0 Å². The van der Waals surface area contributed by atoms with E-state index in [4.69, 9.17) is 0 Å². The first-order chi connectivity index (χ1) is 10.2. The molecule has 0 aromatic heterocycles. The zero-order valence-electron chi connectivity index (χ0n) is 17.3. The third-order valence-electron chi connectivity index (χ3n) is 5.75. The van der Waals surface area contributed by atoms with Gasteiger partial charge in [0.25, 0.3) is 0 Å². The highest BCUT2D eigenvalue weighted by Gasteiger charge is 2.42. The highest BCUT2D eigenvalue weighted by atomic mass is 15.2. The van der Waals surface area contributed by atoms with Gasteiger partial charge in [0.05, 0.1) is 0 Å². The number of nitrogens with zero attached hydrogens (tertiary/aromatic N) is 1. The van der Waals surface area contributed by atoms with Crippen LogP contribution in [0, 0.1) is 11.8 Å². The standard InChI is InChI=1S/C19H39N.C2H6.CH4/c1-8-9-11-16(2)12-10-13-17-14-18(3,4)20(7)19(5,6)15-17;1-2;/h16-17H,8-15H2,1-7H3;1-2H3;1H4. The van der Waals surface area contributed by atoms with Crippen LogP contribution in [0.2, 0.25) is 0 Å². The molecule has 1 aliphatic heterocycles. The van der Waals surface area contributed by atoms with Crippen molar-refractivity contribution in [2.45, 2.75) is 125 Å². The van der Waals surface area contributed by atoms with Crippen molar-refractivity contribution >= 4 is 0 Å². The van der Waals surface area contributed by atoms with Gasteiger partial charge in [-0.2, -0.15) is 0 Å². The van der Waals surface area contributed by atoms with E-state index in [9.17, 15) is 0 Å². The molecule has 0 saturated carbocycles. The maximum atomic E-state index is 2.60. The Hall–Kier alpha value is -0.0400. The quantitative estimate of drug-likeness (QED) is 0.466. The van der Waals surface area contributed by atoms with Crippen LogP contribution in [-0.4, -0.2) is 23.0 Å². The lowest BCUT2D eigenvalue weighted by molar-refractivity contribution is -0.0322. The van der Waals surface area contributed by atoms with Crippen molar-refractivity contribution in [2.24, 2.45) is 11.8 Å². The third kappa shape index (κ3) is 8.57. The molecule has 1 saturated heterocycles. The van der Waals surface area contributed by atoms with E-state index in [0.717, 1.165) is 11.8 Å². The summed E-state index contributed by atoms with van der Waals surface area (Å²) in [5, 5.41) is 0. The van der Waals surface area contributed by atoms with Crippen molar-refractivity contribution in [3.8, 4) is 0 Å². The minimum absolute atomic E-state index is 0. The zero-order chi connectivity index (χ0) is 17.4. The molecule has 23 heavy (non-hydrogen) atoms. The average molecular weight is 328 g/mol. The highest BCUT2D eigenvalue weighted by molar-refractivity contribution is 4.98. The smallest absolute Gasteiger partial charge is 0.0158 e. The zero-order valence-corrected chi connectivity index (χ0v) is 17.3. The largest absolute Gasteiger partial charge is 0.296 e. The van der Waals surface area contributed by atoms with E-state index in [0.29, 0.717) is 11.1 Å². The van der Waals surface area contributed by atoms with Crippen LogP contribution in [0.4, 0.5) is 0 Å². The SMILES string of the molecule is C.CC.CCCCC(C)CCCC1CC(C)(C)N(C)C(C)(C)C1. The fourth-order valence-electron chi connectivity index (χ4n) is 4.23. The summed E-state index contributed by atoms with van der Waals surface area (Å²) in [6.07, 6.45) is 11.3. The van der Waals surface area contributed by atoms with Crippen molar-refractivity contribution in [1.29, 1.82) is 0 Å². The Balaban J connectivity index is 0. The van der Waals surface area contributed by atoms with E-state index in [1.807, 2.05) is 13.8 Å². The second-order valence-electron chi connectivity index (χ2n) is 8.64. The molecule has 1 aliphatic rings. The molecule has 1 fully saturated rings. The molecule has 0 amide bonds. The number of unbranched alkanes of at least 4 members (excludes halogenated alkanes) is 1. The molecule has 0 spiro atoms. The van der Waals surface area contributed by atoms with Gasteiger partial charge in [0.2, 0.25) is 0 Å². The van der Waals surface area contributed by atoms with Gasteiger partial charge in [0.1, 0.15) is 0 Å². The molecule has 1 unspecified atom stereocenters. The van der Waals surface area contributed by atoms with Gasteiger partial charge in [-0.15, -0.1) is 0 Å². The first-order valence-corrected chi connectivity index (χ1v) is 9.93. The van der Waals surface area contributed by atoms with Gasteiger partial charge >= 0.3 is 0 Å². The van der Waals surface area contributed by atoms with Gasteiger partial charge in [-0.05, 0) is 59.4 Å². The molecule has 1 heteroatoms. The maximum Gasteiger partial charge on any atom is 0.0158 e. The van der Waals surface area contributed by atoms with Crippen molar-refractivity contribution in [3.63, 3.8) is 0 Å². The Kier molecular flexibility index (Phi) is 12.6. The third-order valence-corrected chi connectivity index (χ3v) is 5.75. The first-order valence-electron chi connectivity index (χ1n) is 9.93. The summed E-state index contributed by atoms with van der Waals surface area (Å²) >= 11 is 0. The van der Waals surface area contributed by atoms with Gasteiger partial charge in [-0.3, -0.25) is 4.90 Å². The topological polar surface area (TPSA) is 3.24 Å². The molecule has 0 N–H and O–H groups in total. The molecule has 0 aromatic rings. The Morgan fingerprint density at radius 2 is 1.39 bits per heavy atom. The molecule has 0 radical (unpaired) electrons. The Bertz CT molecular complexity index is 262. The van der Waals surface area contributed by atoms with Crippen LogP contribution in [0.15, 0.2) is 0 Å². The van der Waals surface area contributed by atoms with E-state index < -0.39 is 0 Å². The monoisotopic (exact) mass is 327 g/mol. The van der Waals surface area contributed by atoms with E-state index in [-0.39, 0.29) is 7.43 Å². The minimum atomic E-state index is 0. The average Bonchev–Trinajstić information content (AvgIpc) is 2.44. The van der Waals surface area contributed by atoms with Gasteiger partial charge in [-0.1, -0.05) is 73.6 Å². The van der Waals surface area contributed by atoms with Crippen LogP contribution in [0.25, 0.3) is 0 Å². The molecule has 1 rings (SSSR count). The predicted molar refractivity (Wildman–Crippen MR) is 109 cm³/mol. The summed E-state index contributed by atoms with van der Waals surface area (Å²) < 4.78 is 0. The normalized spacial score (nSPS) is 21.8. The number of likely N-dealkylation sites (tertiary alicyclic amines) is 1. The van der Waals surface area contributed by atoms with Crippen LogP contribution in [0.1, 0.15) is 114 Å². The second-order valence-corrected chi connectivity index (χ2v) is 8.64. The molecule has 1 nitrogen and oxygen atoms in total. The second kappa shape index (κ2) is 11.5. The van der Waals surface area contributed by atoms with Gasteiger partial charge in [0, 0.05) is 11.1 Å². The Morgan fingerprint density at radius 1 is 0.957 bits per heavy atom. The van der Waals surface area contributed by atoms with Gasteiger partial charge in [-0.25, -0.2) is 0 Å². The lowest BCUT2D eigenvalue weighted by Crippen LogP contribution is -2.58. The number of hydrogen-bond donors (Lipinski definition) is 0. The number of hydrogen-bond acceptors (Lipinski definition) is 1. The summed E-state index contributed by atoms with van der Waals surface area (Å²) in [5.74, 6) is 1.86. The maximum absolute atomic E-state index is 2.60. The van der Waals surface area contributed by atoms with Gasteiger partial charge < -0.3 is 0 Å². The van der Waals surface area contributed by atoms with Crippen molar-refractivity contribution < 1.29 is 0 Å². The molecule has 0 aromatic carbocycles. The molecular weight excluding hydrogens is 278 g/mol. The highest BCUT2D eigenvalue weighted by Crippen LogP contribution is 2.42. The summed E-state index contributed by atoms with van der Waals surface area (Å²) in [5.41, 5.74) is 0.723. The predicted octanol–water partition coefficient (Wildman–Crippen LogP) is 7.54. The van der Waals surface area contributed by atoms with E-state index in [1.54, 1.807) is 0 Å². The molecule has 0 bridgehead atoms. The molecular formula is C22H49N. The van der Waals surface area contributed by atoms with Crippen LogP contribution in [0.3, 0.4) is 0 Å². The lowest BCUT2D eigenvalue weighted by atomic mass is 9.72. The van der Waals surface area contributed by atoms with Crippen LogP contribution in [-0.2, 0) is 0 Å². The first kappa shape index (κ1) is 25.2. The number of rotatable bonds is 7. The van der Waals surface area contributed by atoms with E-state index in [1.165, 1.54) is 51.4 Å². The van der Waals surface area contributed by atoms with Crippen LogP contribution < -0.4 is 0 Å². The molecule has 0 aliphatic carbocycles. The Labute approximate surface area is 149 Å².